The highest BCUT2D eigenvalue weighted by molar-refractivity contribution is 5.89. The highest BCUT2D eigenvalue weighted by Gasteiger charge is 2.16. The van der Waals surface area contributed by atoms with Crippen molar-refractivity contribution in [1.82, 2.24) is 10.1 Å². The number of carbonyl (C=O) groups excluding carboxylic acids is 1. The van der Waals surface area contributed by atoms with Crippen molar-refractivity contribution in [3.63, 3.8) is 0 Å². The molecule has 0 radical (unpaired) electrons. The number of esters is 1. The number of rotatable bonds is 8. The van der Waals surface area contributed by atoms with Gasteiger partial charge in [0.2, 0.25) is 5.82 Å². The van der Waals surface area contributed by atoms with E-state index < -0.39 is 5.97 Å². The molecule has 0 aliphatic carbocycles. The Morgan fingerprint density at radius 3 is 2.46 bits per heavy atom. The first-order valence-electron chi connectivity index (χ1n) is 8.59. The molecule has 0 bridgehead atoms. The summed E-state index contributed by atoms with van der Waals surface area (Å²) in [6.45, 7) is 2.31. The van der Waals surface area contributed by atoms with Crippen LogP contribution in [0.15, 0.2) is 47.0 Å². The van der Waals surface area contributed by atoms with Crippen molar-refractivity contribution in [3.8, 4) is 28.6 Å². The van der Waals surface area contributed by atoms with Gasteiger partial charge in [0.05, 0.1) is 32.0 Å². The standard InChI is InChI=1S/C20H20N2O6/c1-4-26-14-7-5-13(6-8-14)20(23)27-12-18-21-19(22-28-18)16-10-9-15(24-2)11-17(16)25-3/h5-11H,4,12H2,1-3H3. The third kappa shape index (κ3) is 4.40. The maximum Gasteiger partial charge on any atom is 0.338 e. The monoisotopic (exact) mass is 384 g/mol. The molecule has 8 heteroatoms. The minimum Gasteiger partial charge on any atom is -0.497 e. The smallest absolute Gasteiger partial charge is 0.338 e. The molecule has 0 fully saturated rings. The fraction of sp³-hybridized carbons (Fsp3) is 0.250. The molecule has 3 aromatic rings. The fourth-order valence-electron chi connectivity index (χ4n) is 2.47. The SMILES string of the molecule is CCOc1ccc(C(=O)OCc2nc(-c3ccc(OC)cc3OC)no2)cc1. The number of nitrogens with zero attached hydrogens (tertiary/aromatic N) is 2. The second kappa shape index (κ2) is 8.90. The minimum absolute atomic E-state index is 0.141. The van der Waals surface area contributed by atoms with Gasteiger partial charge < -0.3 is 23.5 Å². The zero-order valence-electron chi connectivity index (χ0n) is 15.8. The topological polar surface area (TPSA) is 92.9 Å². The molecule has 1 aromatic heterocycles. The largest absolute Gasteiger partial charge is 0.497 e. The van der Waals surface area contributed by atoms with Crippen LogP contribution in [0.5, 0.6) is 17.2 Å². The minimum atomic E-state index is -0.496. The fourth-order valence-corrected chi connectivity index (χ4v) is 2.47. The normalized spacial score (nSPS) is 10.4. The molecule has 1 heterocycles. The molecule has 3 rings (SSSR count). The third-order valence-corrected chi connectivity index (χ3v) is 3.85. The zero-order valence-corrected chi connectivity index (χ0v) is 15.8. The van der Waals surface area contributed by atoms with E-state index >= 15 is 0 Å². The van der Waals surface area contributed by atoms with Crippen molar-refractivity contribution in [2.45, 2.75) is 13.5 Å². The van der Waals surface area contributed by atoms with E-state index in [1.807, 2.05) is 6.92 Å². The van der Waals surface area contributed by atoms with Crippen LogP contribution in [-0.2, 0) is 11.3 Å². The van der Waals surface area contributed by atoms with Gasteiger partial charge in [-0.25, -0.2) is 4.79 Å². The highest BCUT2D eigenvalue weighted by atomic mass is 16.6. The first-order valence-corrected chi connectivity index (χ1v) is 8.59. The van der Waals surface area contributed by atoms with Gasteiger partial charge in [-0.3, -0.25) is 0 Å². The molecule has 0 aliphatic heterocycles. The van der Waals surface area contributed by atoms with Gasteiger partial charge in [-0.15, -0.1) is 0 Å². The van der Waals surface area contributed by atoms with Crippen LogP contribution in [0.3, 0.4) is 0 Å². The summed E-state index contributed by atoms with van der Waals surface area (Å²) in [5, 5.41) is 3.92. The molecule has 0 unspecified atom stereocenters. The summed E-state index contributed by atoms with van der Waals surface area (Å²) in [5.74, 6) is 1.88. The average Bonchev–Trinajstić information content (AvgIpc) is 3.21. The van der Waals surface area contributed by atoms with Gasteiger partial charge >= 0.3 is 5.97 Å². The molecule has 0 atom stereocenters. The summed E-state index contributed by atoms with van der Waals surface area (Å²) in [6, 6.07) is 11.9. The van der Waals surface area contributed by atoms with Crippen molar-refractivity contribution < 1.29 is 28.3 Å². The highest BCUT2D eigenvalue weighted by Crippen LogP contribution is 2.31. The van der Waals surface area contributed by atoms with Crippen molar-refractivity contribution >= 4 is 5.97 Å². The Bertz CT molecular complexity index is 936. The zero-order chi connectivity index (χ0) is 19.9. The Morgan fingerprint density at radius 2 is 1.79 bits per heavy atom. The number of benzene rings is 2. The molecule has 0 saturated heterocycles. The quantitative estimate of drug-likeness (QED) is 0.545. The van der Waals surface area contributed by atoms with Crippen LogP contribution in [0.4, 0.5) is 0 Å². The molecule has 146 valence electrons. The lowest BCUT2D eigenvalue weighted by Crippen LogP contribution is -2.05. The second-order valence-electron chi connectivity index (χ2n) is 5.61. The number of hydrogen-bond acceptors (Lipinski definition) is 8. The van der Waals surface area contributed by atoms with E-state index in [1.165, 1.54) is 7.11 Å². The summed E-state index contributed by atoms with van der Waals surface area (Å²) in [5.41, 5.74) is 1.04. The van der Waals surface area contributed by atoms with Gasteiger partial charge in [0.1, 0.15) is 17.2 Å². The molecular weight excluding hydrogens is 364 g/mol. The van der Waals surface area contributed by atoms with Crippen molar-refractivity contribution in [2.75, 3.05) is 20.8 Å². The number of carbonyl (C=O) groups is 1. The maximum atomic E-state index is 12.1. The molecule has 8 nitrogen and oxygen atoms in total. The average molecular weight is 384 g/mol. The number of hydrogen-bond donors (Lipinski definition) is 0. The predicted molar refractivity (Wildman–Crippen MR) is 99.6 cm³/mol. The van der Waals surface area contributed by atoms with Gasteiger partial charge in [-0.1, -0.05) is 5.16 Å². The summed E-state index contributed by atoms with van der Waals surface area (Å²) in [7, 11) is 3.11. The van der Waals surface area contributed by atoms with Crippen LogP contribution in [0.25, 0.3) is 11.4 Å². The van der Waals surface area contributed by atoms with Crippen LogP contribution in [0, 0.1) is 0 Å². The predicted octanol–water partition coefficient (Wildman–Crippen LogP) is 3.51. The summed E-state index contributed by atoms with van der Waals surface area (Å²) in [4.78, 5) is 16.4. The Hall–Kier alpha value is -3.55. The van der Waals surface area contributed by atoms with Crippen molar-refractivity contribution in [1.29, 1.82) is 0 Å². The van der Waals surface area contributed by atoms with E-state index in [0.29, 0.717) is 40.8 Å². The van der Waals surface area contributed by atoms with Gasteiger partial charge in [0.15, 0.2) is 6.61 Å². The van der Waals surface area contributed by atoms with Crippen LogP contribution in [0.1, 0.15) is 23.2 Å². The first-order chi connectivity index (χ1) is 13.6. The summed E-state index contributed by atoms with van der Waals surface area (Å²) >= 11 is 0. The van der Waals surface area contributed by atoms with Gasteiger partial charge in [-0.05, 0) is 43.3 Å². The van der Waals surface area contributed by atoms with E-state index in [1.54, 1.807) is 49.6 Å². The van der Waals surface area contributed by atoms with E-state index in [0.717, 1.165) is 0 Å². The van der Waals surface area contributed by atoms with Gasteiger partial charge in [0, 0.05) is 6.07 Å². The lowest BCUT2D eigenvalue weighted by molar-refractivity contribution is 0.0430. The Labute approximate surface area is 162 Å². The second-order valence-corrected chi connectivity index (χ2v) is 5.61. The molecule has 0 aliphatic rings. The summed E-state index contributed by atoms with van der Waals surface area (Å²) in [6.07, 6.45) is 0. The van der Waals surface area contributed by atoms with Crippen LogP contribution >= 0.6 is 0 Å². The lowest BCUT2D eigenvalue weighted by atomic mass is 10.2. The molecule has 28 heavy (non-hydrogen) atoms. The van der Waals surface area contributed by atoms with Crippen molar-refractivity contribution in [3.05, 3.63) is 53.9 Å². The van der Waals surface area contributed by atoms with E-state index in [-0.39, 0.29) is 12.5 Å². The Morgan fingerprint density at radius 1 is 1.04 bits per heavy atom. The molecule has 0 saturated carbocycles. The molecule has 0 N–H and O–H groups in total. The van der Waals surface area contributed by atoms with Crippen LogP contribution in [0.2, 0.25) is 0 Å². The maximum absolute atomic E-state index is 12.1. The number of aromatic nitrogens is 2. The van der Waals surface area contributed by atoms with E-state index in [4.69, 9.17) is 23.5 Å². The molecule has 2 aromatic carbocycles. The summed E-state index contributed by atoms with van der Waals surface area (Å²) < 4.78 is 26.2. The Kier molecular flexibility index (Phi) is 6.11. The van der Waals surface area contributed by atoms with E-state index in [9.17, 15) is 4.79 Å². The van der Waals surface area contributed by atoms with Crippen molar-refractivity contribution in [2.24, 2.45) is 0 Å². The van der Waals surface area contributed by atoms with E-state index in [2.05, 4.69) is 10.1 Å². The van der Waals surface area contributed by atoms with Crippen LogP contribution < -0.4 is 14.2 Å². The Balaban J connectivity index is 1.65. The number of ether oxygens (including phenoxy) is 4. The molecular formula is C20H20N2O6. The molecule has 0 spiro atoms. The van der Waals surface area contributed by atoms with Gasteiger partial charge in [0.25, 0.3) is 5.89 Å². The van der Waals surface area contributed by atoms with Crippen LogP contribution in [-0.4, -0.2) is 36.9 Å². The number of methoxy groups -OCH3 is 2. The third-order valence-electron chi connectivity index (χ3n) is 3.85. The lowest BCUT2D eigenvalue weighted by Gasteiger charge is -2.07. The molecule has 0 amide bonds. The first kappa shape index (κ1) is 19.2. The van der Waals surface area contributed by atoms with Gasteiger partial charge in [-0.2, -0.15) is 4.98 Å².